The molecule has 106 valence electrons. The topological polar surface area (TPSA) is 83.5 Å². The molecule has 1 rings (SSSR count). The number of esters is 1. The van der Waals surface area contributed by atoms with Crippen LogP contribution in [0.2, 0.25) is 0 Å². The van der Waals surface area contributed by atoms with Gasteiger partial charge in [0.2, 0.25) is 0 Å². The van der Waals surface area contributed by atoms with Gasteiger partial charge in [0.25, 0.3) is 0 Å². The summed E-state index contributed by atoms with van der Waals surface area (Å²) < 4.78 is 25.9. The van der Waals surface area contributed by atoms with Gasteiger partial charge in [-0.05, 0) is 0 Å². The van der Waals surface area contributed by atoms with Gasteiger partial charge in [-0.1, -0.05) is 0 Å². The van der Waals surface area contributed by atoms with Crippen LogP contribution in [0.25, 0.3) is 0 Å². The minimum atomic E-state index is -1.16. The molecule has 0 bridgehead atoms. The second kappa shape index (κ2) is 7.01. The molecule has 0 saturated carbocycles. The Kier molecular flexibility index (Phi) is 5.97. The normalized spacial score (nSPS) is 36.4. The smallest absolute Gasteiger partial charge is 0.303 e. The Hall–Kier alpha value is -0.730. The number of carbonyl (C=O) groups excluding carboxylic acids is 1. The van der Waals surface area contributed by atoms with Gasteiger partial charge >= 0.3 is 5.97 Å². The van der Waals surface area contributed by atoms with Crippen LogP contribution in [-0.2, 0) is 28.5 Å². The molecule has 0 aromatic rings. The Balaban J connectivity index is 2.89. The third kappa shape index (κ3) is 3.39. The molecule has 0 aromatic carbocycles. The van der Waals surface area contributed by atoms with Crippen LogP contribution in [0.4, 0.5) is 0 Å². The lowest BCUT2D eigenvalue weighted by molar-refractivity contribution is -0.299. The molecular weight excluding hydrogens is 244 g/mol. The molecule has 0 aliphatic carbocycles. The van der Waals surface area contributed by atoms with E-state index in [1.54, 1.807) is 0 Å². The van der Waals surface area contributed by atoms with Crippen LogP contribution in [0.1, 0.15) is 6.92 Å². The summed E-state index contributed by atoms with van der Waals surface area (Å²) in [5.41, 5.74) is 0. The Bertz CT molecular complexity index is 270. The summed E-state index contributed by atoms with van der Waals surface area (Å²) in [6.07, 6.45) is -3.81. The molecular formula is C11H20O7. The zero-order valence-corrected chi connectivity index (χ0v) is 11.0. The van der Waals surface area contributed by atoms with Gasteiger partial charge in [0.05, 0.1) is 6.61 Å². The first-order chi connectivity index (χ1) is 8.54. The maximum atomic E-state index is 11.1. The van der Waals surface area contributed by atoms with Gasteiger partial charge in [-0.3, -0.25) is 4.79 Å². The molecule has 0 aromatic heterocycles. The molecule has 0 radical (unpaired) electrons. The number of methoxy groups -OCH3 is 3. The summed E-state index contributed by atoms with van der Waals surface area (Å²) in [6.45, 7) is 1.47. The summed E-state index contributed by atoms with van der Waals surface area (Å²) in [5.74, 6) is -0.460. The minimum Gasteiger partial charge on any atom is -0.457 e. The number of hydrogen-bond acceptors (Lipinski definition) is 7. The van der Waals surface area contributed by atoms with E-state index in [0.29, 0.717) is 0 Å². The lowest BCUT2D eigenvalue weighted by Crippen LogP contribution is -2.61. The molecule has 0 amide bonds. The van der Waals surface area contributed by atoms with Gasteiger partial charge in [0.15, 0.2) is 12.4 Å². The van der Waals surface area contributed by atoms with Gasteiger partial charge in [-0.25, -0.2) is 0 Å². The quantitative estimate of drug-likeness (QED) is 0.658. The van der Waals surface area contributed by atoms with Crippen molar-refractivity contribution in [2.24, 2.45) is 0 Å². The standard InChI is InChI=1S/C11H20O7/c1-6(12)17-8-7(5-14-2)18-11(13)10(16-4)9(8)15-3/h7-11,13H,5H2,1-4H3/t7-,8-,9+,10-,11+/m1/s1. The Morgan fingerprint density at radius 2 is 1.78 bits per heavy atom. The van der Waals surface area contributed by atoms with E-state index in [1.807, 2.05) is 0 Å². The molecule has 1 saturated heterocycles. The maximum Gasteiger partial charge on any atom is 0.303 e. The van der Waals surface area contributed by atoms with Crippen LogP contribution < -0.4 is 0 Å². The molecule has 0 unspecified atom stereocenters. The highest BCUT2D eigenvalue weighted by atomic mass is 16.7. The number of aliphatic hydroxyl groups excluding tert-OH is 1. The third-order valence-corrected chi connectivity index (χ3v) is 2.79. The van der Waals surface area contributed by atoms with E-state index in [9.17, 15) is 9.90 Å². The zero-order valence-electron chi connectivity index (χ0n) is 11.0. The van der Waals surface area contributed by atoms with Gasteiger partial charge in [-0.15, -0.1) is 0 Å². The van der Waals surface area contributed by atoms with Crippen LogP contribution >= 0.6 is 0 Å². The van der Waals surface area contributed by atoms with Crippen molar-refractivity contribution in [1.82, 2.24) is 0 Å². The third-order valence-electron chi connectivity index (χ3n) is 2.79. The van der Waals surface area contributed by atoms with E-state index in [-0.39, 0.29) is 6.61 Å². The number of rotatable bonds is 5. The Labute approximate surface area is 106 Å². The van der Waals surface area contributed by atoms with Crippen molar-refractivity contribution in [3.05, 3.63) is 0 Å². The molecule has 1 aliphatic heterocycles. The van der Waals surface area contributed by atoms with Crippen LogP contribution in [0, 0.1) is 0 Å². The first-order valence-corrected chi connectivity index (χ1v) is 5.60. The fraction of sp³-hybridized carbons (Fsp3) is 0.909. The summed E-state index contributed by atoms with van der Waals surface area (Å²) >= 11 is 0. The van der Waals surface area contributed by atoms with Gasteiger partial charge in [-0.2, -0.15) is 0 Å². The number of hydrogen-bond donors (Lipinski definition) is 1. The molecule has 7 nitrogen and oxygen atoms in total. The fourth-order valence-corrected chi connectivity index (χ4v) is 2.05. The second-order valence-electron chi connectivity index (χ2n) is 4.00. The summed E-state index contributed by atoms with van der Waals surface area (Å²) in [6, 6.07) is 0. The zero-order chi connectivity index (χ0) is 13.7. The van der Waals surface area contributed by atoms with Crippen LogP contribution in [0.5, 0.6) is 0 Å². The van der Waals surface area contributed by atoms with Crippen molar-refractivity contribution in [3.8, 4) is 0 Å². The highest BCUT2D eigenvalue weighted by Gasteiger charge is 2.48. The first kappa shape index (κ1) is 15.3. The van der Waals surface area contributed by atoms with Crippen LogP contribution in [0.15, 0.2) is 0 Å². The molecule has 7 heteroatoms. The number of carbonyl (C=O) groups is 1. The van der Waals surface area contributed by atoms with E-state index < -0.39 is 36.7 Å². The SMILES string of the molecule is COC[C@H]1O[C@H](O)[C@H](OC)[C@@H](OC)[C@@H]1OC(C)=O. The number of aliphatic hydroxyl groups is 1. The summed E-state index contributed by atoms with van der Waals surface area (Å²) in [7, 11) is 4.37. The Morgan fingerprint density at radius 3 is 2.22 bits per heavy atom. The molecule has 1 aliphatic rings. The second-order valence-corrected chi connectivity index (χ2v) is 4.00. The monoisotopic (exact) mass is 264 g/mol. The first-order valence-electron chi connectivity index (χ1n) is 5.60. The number of ether oxygens (including phenoxy) is 5. The predicted molar refractivity (Wildman–Crippen MR) is 59.9 cm³/mol. The van der Waals surface area contributed by atoms with Crippen molar-refractivity contribution in [1.29, 1.82) is 0 Å². The molecule has 5 atom stereocenters. The Morgan fingerprint density at radius 1 is 1.17 bits per heavy atom. The van der Waals surface area contributed by atoms with E-state index in [4.69, 9.17) is 23.7 Å². The van der Waals surface area contributed by atoms with E-state index in [2.05, 4.69) is 0 Å². The van der Waals surface area contributed by atoms with Crippen LogP contribution in [0.3, 0.4) is 0 Å². The molecule has 1 N–H and O–H groups in total. The fourth-order valence-electron chi connectivity index (χ4n) is 2.05. The van der Waals surface area contributed by atoms with Crippen molar-refractivity contribution in [2.45, 2.75) is 37.6 Å². The summed E-state index contributed by atoms with van der Waals surface area (Å²) in [4.78, 5) is 11.1. The summed E-state index contributed by atoms with van der Waals surface area (Å²) in [5, 5.41) is 9.80. The highest BCUT2D eigenvalue weighted by molar-refractivity contribution is 5.66. The van der Waals surface area contributed by atoms with E-state index in [1.165, 1.54) is 28.3 Å². The lowest BCUT2D eigenvalue weighted by atomic mass is 9.98. The van der Waals surface area contributed by atoms with Crippen molar-refractivity contribution in [3.63, 3.8) is 0 Å². The molecule has 1 fully saturated rings. The van der Waals surface area contributed by atoms with E-state index in [0.717, 1.165) is 0 Å². The largest absolute Gasteiger partial charge is 0.457 e. The molecule has 0 spiro atoms. The molecule has 18 heavy (non-hydrogen) atoms. The average Bonchev–Trinajstić information content (AvgIpc) is 2.31. The lowest BCUT2D eigenvalue weighted by Gasteiger charge is -2.42. The van der Waals surface area contributed by atoms with E-state index >= 15 is 0 Å². The molecule has 1 heterocycles. The minimum absolute atomic E-state index is 0.172. The van der Waals surface area contributed by atoms with Gasteiger partial charge < -0.3 is 28.8 Å². The predicted octanol–water partition coefficient (Wildman–Crippen LogP) is -0.688. The van der Waals surface area contributed by atoms with Gasteiger partial charge in [0, 0.05) is 28.3 Å². The van der Waals surface area contributed by atoms with Gasteiger partial charge in [0.1, 0.15) is 18.3 Å². The van der Waals surface area contributed by atoms with Crippen molar-refractivity contribution in [2.75, 3.05) is 27.9 Å². The van der Waals surface area contributed by atoms with Crippen molar-refractivity contribution < 1.29 is 33.6 Å². The highest BCUT2D eigenvalue weighted by Crippen LogP contribution is 2.26. The maximum absolute atomic E-state index is 11.1. The van der Waals surface area contributed by atoms with Crippen molar-refractivity contribution >= 4 is 5.97 Å². The average molecular weight is 264 g/mol. The van der Waals surface area contributed by atoms with Crippen LogP contribution in [-0.4, -0.2) is 69.7 Å².